The summed E-state index contributed by atoms with van der Waals surface area (Å²) < 4.78 is 14.3. The smallest absolute Gasteiger partial charge is 0.341 e. The number of hydrogen-bond donors (Lipinski definition) is 1. The van der Waals surface area contributed by atoms with E-state index in [1.165, 1.54) is 6.07 Å². The van der Waals surface area contributed by atoms with Crippen molar-refractivity contribution < 1.29 is 14.4 Å². The molecule has 1 saturated heterocycles. The molecule has 27 heavy (non-hydrogen) atoms. The first-order valence-electron chi connectivity index (χ1n) is 8.54. The molecule has 0 aliphatic carbocycles. The van der Waals surface area contributed by atoms with Crippen molar-refractivity contribution in [1.82, 2.24) is 9.77 Å². The zero-order valence-corrected chi connectivity index (χ0v) is 14.4. The minimum absolute atomic E-state index is 0.0493. The molecule has 1 fully saturated rings. The van der Waals surface area contributed by atoms with Gasteiger partial charge in [-0.2, -0.15) is 4.79 Å². The minimum atomic E-state index is -1.44. The van der Waals surface area contributed by atoms with Crippen molar-refractivity contribution in [1.29, 1.82) is 0 Å². The van der Waals surface area contributed by atoms with Gasteiger partial charge in [0.15, 0.2) is 0 Å². The van der Waals surface area contributed by atoms with E-state index in [9.17, 15) is 14.1 Å². The lowest BCUT2D eigenvalue weighted by atomic mass is 10.1. The van der Waals surface area contributed by atoms with Crippen molar-refractivity contribution in [3.05, 3.63) is 64.6 Å². The van der Waals surface area contributed by atoms with Gasteiger partial charge in [-0.3, -0.25) is 4.79 Å². The number of carboxylic acids is 1. The Morgan fingerprint density at radius 2 is 1.81 bits per heavy atom. The third kappa shape index (κ3) is 3.10. The summed E-state index contributed by atoms with van der Waals surface area (Å²) in [6.07, 6.45) is 2.48. The Bertz CT molecular complexity index is 1060. The molecule has 1 aromatic carbocycles. The van der Waals surface area contributed by atoms with Crippen LogP contribution in [0.4, 0.5) is 16.0 Å². The second kappa shape index (κ2) is 6.71. The van der Waals surface area contributed by atoms with Crippen molar-refractivity contribution in [3.63, 3.8) is 0 Å². The number of piperazine rings is 1. The van der Waals surface area contributed by atoms with E-state index in [1.54, 1.807) is 18.3 Å². The lowest BCUT2D eigenvalue weighted by molar-refractivity contribution is 0.0693. The number of aromatic nitrogens is 2. The van der Waals surface area contributed by atoms with Gasteiger partial charge in [-0.05, 0) is 30.3 Å². The molecule has 138 valence electrons. The summed E-state index contributed by atoms with van der Waals surface area (Å²) in [7, 11) is 0. The molecule has 7 nitrogen and oxygen atoms in total. The highest BCUT2D eigenvalue weighted by molar-refractivity contribution is 5.93. The van der Waals surface area contributed by atoms with Crippen LogP contribution < -0.4 is 15.2 Å². The highest BCUT2D eigenvalue weighted by Crippen LogP contribution is 2.23. The van der Waals surface area contributed by atoms with Gasteiger partial charge in [0.1, 0.15) is 11.4 Å². The maximum atomic E-state index is 14.3. The van der Waals surface area contributed by atoms with Gasteiger partial charge in [0.25, 0.3) is 0 Å². The number of pyridine rings is 2. The Morgan fingerprint density at radius 1 is 1.07 bits per heavy atom. The first kappa shape index (κ1) is 17.0. The monoisotopic (exact) mass is 368 g/mol. The molecular weight excluding hydrogens is 351 g/mol. The zero-order valence-electron chi connectivity index (χ0n) is 14.4. The van der Waals surface area contributed by atoms with Crippen LogP contribution >= 0.6 is 0 Å². The average molecular weight is 368 g/mol. The molecule has 2 aromatic heterocycles. The Labute approximate surface area is 153 Å². The van der Waals surface area contributed by atoms with Gasteiger partial charge < -0.3 is 14.9 Å². The number of carboxylic acid groups (broad SMARTS) is 1. The molecule has 0 spiro atoms. The van der Waals surface area contributed by atoms with E-state index in [-0.39, 0.29) is 15.7 Å². The van der Waals surface area contributed by atoms with Crippen LogP contribution in [0.2, 0.25) is 0 Å². The number of benzene rings is 1. The molecule has 3 heterocycles. The van der Waals surface area contributed by atoms with Gasteiger partial charge in [-0.15, -0.1) is 0 Å². The summed E-state index contributed by atoms with van der Waals surface area (Å²) in [5.74, 6) is -0.516. The second-order valence-corrected chi connectivity index (χ2v) is 6.35. The Kier molecular flexibility index (Phi) is 4.23. The Balaban J connectivity index is 1.60. The molecule has 0 saturated carbocycles. The van der Waals surface area contributed by atoms with E-state index in [1.807, 2.05) is 18.2 Å². The first-order valence-corrected chi connectivity index (χ1v) is 8.54. The number of aromatic carboxylic acids is 1. The molecule has 8 heteroatoms. The third-order valence-corrected chi connectivity index (χ3v) is 4.79. The van der Waals surface area contributed by atoms with E-state index in [4.69, 9.17) is 5.11 Å². The quantitative estimate of drug-likeness (QED) is 0.763. The summed E-state index contributed by atoms with van der Waals surface area (Å²) in [6, 6.07) is 10.6. The van der Waals surface area contributed by atoms with Crippen molar-refractivity contribution >= 4 is 28.4 Å². The summed E-state index contributed by atoms with van der Waals surface area (Å²) >= 11 is 0. The van der Waals surface area contributed by atoms with Crippen molar-refractivity contribution in [2.75, 3.05) is 36.0 Å². The van der Waals surface area contributed by atoms with Crippen molar-refractivity contribution in [2.45, 2.75) is 0 Å². The molecule has 3 aromatic rings. The van der Waals surface area contributed by atoms with Crippen molar-refractivity contribution in [3.8, 4) is 0 Å². The maximum Gasteiger partial charge on any atom is 0.341 e. The van der Waals surface area contributed by atoms with Crippen LogP contribution in [0.3, 0.4) is 0 Å². The number of fused-ring (bicyclic) bond motifs is 1. The third-order valence-electron chi connectivity index (χ3n) is 4.79. The number of hydrogen-bond acceptors (Lipinski definition) is 5. The normalized spacial score (nSPS) is 14.6. The number of nitrogens with zero attached hydrogens (tertiary/aromatic N) is 4. The minimum Gasteiger partial charge on any atom is -0.477 e. The fourth-order valence-electron chi connectivity index (χ4n) is 3.36. The standard InChI is InChI=1S/C19H17FN4O3/c20-24-12-15(19(26)27)18(25)14-5-4-13(11-16(14)24)22-7-9-23(10-8-22)17-3-1-2-6-21-17/h1-6,11-12H,7-10H2,(H,26,27). The lowest BCUT2D eigenvalue weighted by Gasteiger charge is -2.36. The molecule has 4 rings (SSSR count). The molecule has 0 unspecified atom stereocenters. The predicted octanol–water partition coefficient (Wildman–Crippen LogP) is 2.15. The second-order valence-electron chi connectivity index (χ2n) is 6.35. The van der Waals surface area contributed by atoms with E-state index in [2.05, 4.69) is 14.8 Å². The predicted molar refractivity (Wildman–Crippen MR) is 100 cm³/mol. The van der Waals surface area contributed by atoms with Gasteiger partial charge in [-0.1, -0.05) is 10.5 Å². The fourth-order valence-corrected chi connectivity index (χ4v) is 3.36. The molecule has 1 aliphatic heterocycles. The fraction of sp³-hybridized carbons (Fsp3) is 0.211. The van der Waals surface area contributed by atoms with Crippen LogP contribution in [0, 0.1) is 0 Å². The van der Waals surface area contributed by atoms with E-state index >= 15 is 0 Å². The van der Waals surface area contributed by atoms with E-state index in [0.29, 0.717) is 0 Å². The zero-order chi connectivity index (χ0) is 19.0. The van der Waals surface area contributed by atoms with Gasteiger partial charge in [0.2, 0.25) is 5.43 Å². The molecule has 1 aliphatic rings. The summed E-state index contributed by atoms with van der Waals surface area (Å²) in [4.78, 5) is 32.2. The van der Waals surface area contributed by atoms with Crippen LogP contribution in [0.25, 0.3) is 10.9 Å². The topological polar surface area (TPSA) is 78.7 Å². The SMILES string of the molecule is O=C(O)c1cn(F)c2cc(N3CCN(c4ccccn4)CC3)ccc2c1=O. The van der Waals surface area contributed by atoms with Crippen LogP contribution in [-0.4, -0.2) is 47.0 Å². The number of rotatable bonds is 3. The van der Waals surface area contributed by atoms with Gasteiger partial charge in [0.05, 0.1) is 11.7 Å². The highest BCUT2D eigenvalue weighted by atomic mass is 19.2. The van der Waals surface area contributed by atoms with E-state index < -0.39 is 17.0 Å². The number of carbonyl (C=O) groups is 1. The molecular formula is C19H17FN4O3. The van der Waals surface area contributed by atoms with Gasteiger partial charge >= 0.3 is 5.97 Å². The average Bonchev–Trinajstić information content (AvgIpc) is 2.71. The van der Waals surface area contributed by atoms with Crippen LogP contribution in [0.1, 0.15) is 10.4 Å². The first-order chi connectivity index (χ1) is 13.0. The van der Waals surface area contributed by atoms with Crippen LogP contribution in [-0.2, 0) is 0 Å². The van der Waals surface area contributed by atoms with E-state index in [0.717, 1.165) is 43.9 Å². The summed E-state index contributed by atoms with van der Waals surface area (Å²) in [5, 5.41) is 9.08. The molecule has 0 atom stereocenters. The maximum absolute atomic E-state index is 14.3. The highest BCUT2D eigenvalue weighted by Gasteiger charge is 2.20. The summed E-state index contributed by atoms with van der Waals surface area (Å²) in [5.41, 5.74) is -0.411. The summed E-state index contributed by atoms with van der Waals surface area (Å²) in [6.45, 7) is 3.00. The van der Waals surface area contributed by atoms with Crippen molar-refractivity contribution in [2.24, 2.45) is 0 Å². The van der Waals surface area contributed by atoms with Gasteiger partial charge in [-0.25, -0.2) is 9.78 Å². The number of anilines is 2. The Morgan fingerprint density at radius 3 is 2.48 bits per heavy atom. The van der Waals surface area contributed by atoms with Crippen LogP contribution in [0.5, 0.6) is 0 Å². The number of halogens is 1. The Hall–Kier alpha value is -3.42. The molecule has 0 bridgehead atoms. The largest absolute Gasteiger partial charge is 0.477 e. The van der Waals surface area contributed by atoms with Crippen LogP contribution in [0.15, 0.2) is 53.6 Å². The van der Waals surface area contributed by atoms with Gasteiger partial charge in [0, 0.05) is 43.4 Å². The lowest BCUT2D eigenvalue weighted by Crippen LogP contribution is -2.46. The molecule has 1 N–H and O–H groups in total. The molecule has 0 radical (unpaired) electrons. The molecule has 0 amide bonds.